The van der Waals surface area contributed by atoms with Crippen molar-refractivity contribution in [1.82, 2.24) is 4.98 Å². The van der Waals surface area contributed by atoms with Gasteiger partial charge < -0.3 is 5.41 Å². The third-order valence-corrected chi connectivity index (χ3v) is 1.48. The standard InChI is InChI=1S/C10H10N2.3C2H6/c1-2-9(5-6-11)10-4-3-7-12-8-10;3*1-2/h2-8,11H,1H2;3*1-2H3/b9-5+,11-6?;;;. The maximum atomic E-state index is 6.92. The number of allylic oxidation sites excluding steroid dienone is 3. The molecular formula is C16H28N2. The van der Waals surface area contributed by atoms with Crippen LogP contribution in [0.25, 0.3) is 5.57 Å². The summed E-state index contributed by atoms with van der Waals surface area (Å²) >= 11 is 0. The van der Waals surface area contributed by atoms with Gasteiger partial charge in [0.25, 0.3) is 0 Å². The van der Waals surface area contributed by atoms with Gasteiger partial charge in [-0.2, -0.15) is 0 Å². The Kier molecular flexibility index (Phi) is 24.8. The van der Waals surface area contributed by atoms with Crippen molar-refractivity contribution in [2.45, 2.75) is 41.5 Å². The first-order chi connectivity index (χ1) is 8.88. The van der Waals surface area contributed by atoms with Crippen LogP contribution in [0.1, 0.15) is 47.1 Å². The van der Waals surface area contributed by atoms with E-state index in [0.29, 0.717) is 0 Å². The first-order valence-corrected chi connectivity index (χ1v) is 6.62. The molecule has 0 saturated heterocycles. The van der Waals surface area contributed by atoms with Crippen LogP contribution in [0.4, 0.5) is 0 Å². The largest absolute Gasteiger partial charge is 0.309 e. The van der Waals surface area contributed by atoms with Crippen LogP contribution in [-0.4, -0.2) is 11.2 Å². The Bertz CT molecular complexity index is 300. The minimum Gasteiger partial charge on any atom is -0.309 e. The summed E-state index contributed by atoms with van der Waals surface area (Å²) < 4.78 is 0. The van der Waals surface area contributed by atoms with Crippen LogP contribution < -0.4 is 0 Å². The molecular weight excluding hydrogens is 220 g/mol. The van der Waals surface area contributed by atoms with Gasteiger partial charge in [-0.3, -0.25) is 4.98 Å². The Balaban J connectivity index is -0.000000328. The molecule has 0 radical (unpaired) electrons. The van der Waals surface area contributed by atoms with Gasteiger partial charge in [-0.15, -0.1) is 0 Å². The number of hydrogen-bond acceptors (Lipinski definition) is 2. The summed E-state index contributed by atoms with van der Waals surface area (Å²) in [6.07, 6.45) is 8.10. The van der Waals surface area contributed by atoms with Gasteiger partial charge in [0.05, 0.1) is 0 Å². The van der Waals surface area contributed by atoms with Crippen molar-refractivity contribution in [3.05, 3.63) is 48.8 Å². The fourth-order valence-corrected chi connectivity index (χ4v) is 0.905. The van der Waals surface area contributed by atoms with Crippen molar-refractivity contribution in [2.24, 2.45) is 0 Å². The van der Waals surface area contributed by atoms with E-state index in [9.17, 15) is 0 Å². The molecule has 0 bridgehead atoms. The number of pyridine rings is 1. The van der Waals surface area contributed by atoms with E-state index in [1.54, 1.807) is 24.5 Å². The van der Waals surface area contributed by atoms with E-state index >= 15 is 0 Å². The van der Waals surface area contributed by atoms with E-state index in [1.165, 1.54) is 6.21 Å². The molecule has 0 amide bonds. The number of nitrogens with zero attached hydrogens (tertiary/aromatic N) is 1. The van der Waals surface area contributed by atoms with Gasteiger partial charge in [0.15, 0.2) is 0 Å². The summed E-state index contributed by atoms with van der Waals surface area (Å²) in [7, 11) is 0. The lowest BCUT2D eigenvalue weighted by molar-refractivity contribution is 1.31. The van der Waals surface area contributed by atoms with Crippen LogP contribution in [-0.2, 0) is 0 Å². The fraction of sp³-hybridized carbons (Fsp3) is 0.375. The molecule has 0 aromatic carbocycles. The molecule has 0 aliphatic rings. The summed E-state index contributed by atoms with van der Waals surface area (Å²) in [5.41, 5.74) is 1.90. The molecule has 1 aromatic rings. The zero-order valence-corrected chi connectivity index (χ0v) is 12.7. The van der Waals surface area contributed by atoms with Crippen molar-refractivity contribution in [1.29, 1.82) is 5.41 Å². The molecule has 0 unspecified atom stereocenters. The van der Waals surface area contributed by atoms with Crippen LogP contribution in [0.3, 0.4) is 0 Å². The van der Waals surface area contributed by atoms with Crippen LogP contribution in [0.2, 0.25) is 0 Å². The highest BCUT2D eigenvalue weighted by atomic mass is 14.6. The third kappa shape index (κ3) is 10.8. The third-order valence-electron chi connectivity index (χ3n) is 1.48. The molecule has 2 heteroatoms. The highest BCUT2D eigenvalue weighted by Gasteiger charge is 1.93. The topological polar surface area (TPSA) is 36.7 Å². The van der Waals surface area contributed by atoms with E-state index in [2.05, 4.69) is 11.6 Å². The molecule has 102 valence electrons. The lowest BCUT2D eigenvalue weighted by Gasteiger charge is -1.98. The maximum absolute atomic E-state index is 6.92. The summed E-state index contributed by atoms with van der Waals surface area (Å²) in [4.78, 5) is 3.97. The quantitative estimate of drug-likeness (QED) is 0.566. The van der Waals surface area contributed by atoms with Crippen LogP contribution >= 0.6 is 0 Å². The highest BCUT2D eigenvalue weighted by Crippen LogP contribution is 2.12. The molecule has 0 fully saturated rings. The Morgan fingerprint density at radius 1 is 1.17 bits per heavy atom. The maximum Gasteiger partial charge on any atom is 0.0346 e. The highest BCUT2D eigenvalue weighted by molar-refractivity contribution is 5.86. The second-order valence-corrected chi connectivity index (χ2v) is 2.23. The molecule has 2 nitrogen and oxygen atoms in total. The zero-order valence-electron chi connectivity index (χ0n) is 12.7. The Labute approximate surface area is 113 Å². The van der Waals surface area contributed by atoms with E-state index in [-0.39, 0.29) is 0 Å². The van der Waals surface area contributed by atoms with Gasteiger partial charge >= 0.3 is 0 Å². The monoisotopic (exact) mass is 248 g/mol. The van der Waals surface area contributed by atoms with Crippen molar-refractivity contribution < 1.29 is 0 Å². The average molecular weight is 248 g/mol. The zero-order chi connectivity index (χ0) is 14.8. The normalized spacial score (nSPS) is 8.22. The predicted octanol–water partition coefficient (Wildman–Crippen LogP) is 5.38. The van der Waals surface area contributed by atoms with E-state index in [1.807, 2.05) is 53.7 Å². The Morgan fingerprint density at radius 3 is 2.06 bits per heavy atom. The second kappa shape index (κ2) is 20.7. The predicted molar refractivity (Wildman–Crippen MR) is 85.2 cm³/mol. The lowest BCUT2D eigenvalue weighted by atomic mass is 10.1. The molecule has 1 rings (SSSR count). The number of aromatic nitrogens is 1. The summed E-state index contributed by atoms with van der Waals surface area (Å²) in [5.74, 6) is 0. The van der Waals surface area contributed by atoms with Gasteiger partial charge in [0, 0.05) is 24.2 Å². The van der Waals surface area contributed by atoms with Crippen molar-refractivity contribution in [2.75, 3.05) is 0 Å². The summed E-state index contributed by atoms with van der Waals surface area (Å²) in [6.45, 7) is 15.7. The smallest absolute Gasteiger partial charge is 0.0346 e. The molecule has 0 spiro atoms. The molecule has 0 aliphatic carbocycles. The van der Waals surface area contributed by atoms with Crippen molar-refractivity contribution in [3.8, 4) is 0 Å². The minimum absolute atomic E-state index is 0.915. The first kappa shape index (κ1) is 21.6. The fourth-order valence-electron chi connectivity index (χ4n) is 0.905. The Morgan fingerprint density at radius 2 is 1.72 bits per heavy atom. The average Bonchev–Trinajstić information content (AvgIpc) is 2.52. The lowest BCUT2D eigenvalue weighted by Crippen LogP contribution is -1.81. The second-order valence-electron chi connectivity index (χ2n) is 2.23. The van der Waals surface area contributed by atoms with E-state index < -0.39 is 0 Å². The summed E-state index contributed by atoms with van der Waals surface area (Å²) in [6, 6.07) is 3.79. The molecule has 18 heavy (non-hydrogen) atoms. The van der Waals surface area contributed by atoms with Gasteiger partial charge in [0.1, 0.15) is 0 Å². The molecule has 1 heterocycles. The van der Waals surface area contributed by atoms with Gasteiger partial charge in [-0.1, -0.05) is 60.3 Å². The van der Waals surface area contributed by atoms with Crippen molar-refractivity contribution in [3.63, 3.8) is 0 Å². The molecule has 1 aromatic heterocycles. The first-order valence-electron chi connectivity index (χ1n) is 6.62. The van der Waals surface area contributed by atoms with Crippen molar-refractivity contribution >= 4 is 11.8 Å². The van der Waals surface area contributed by atoms with Gasteiger partial charge in [-0.25, -0.2) is 0 Å². The van der Waals surface area contributed by atoms with Gasteiger partial charge in [-0.05, 0) is 17.7 Å². The molecule has 0 aliphatic heterocycles. The number of rotatable bonds is 3. The van der Waals surface area contributed by atoms with Crippen LogP contribution in [0.15, 0.2) is 43.3 Å². The summed E-state index contributed by atoms with van der Waals surface area (Å²) in [5, 5.41) is 6.92. The minimum atomic E-state index is 0.915. The van der Waals surface area contributed by atoms with Crippen LogP contribution in [0.5, 0.6) is 0 Å². The SMILES string of the molecule is C=C/C(=C\C=N)c1cccnc1.CC.CC.CC. The Hall–Kier alpha value is -1.70. The number of hydrogen-bond donors (Lipinski definition) is 1. The number of nitrogens with one attached hydrogen (secondary N) is 1. The van der Waals surface area contributed by atoms with E-state index in [4.69, 9.17) is 5.41 Å². The molecule has 1 N–H and O–H groups in total. The van der Waals surface area contributed by atoms with Crippen LogP contribution in [0, 0.1) is 5.41 Å². The van der Waals surface area contributed by atoms with Gasteiger partial charge in [0.2, 0.25) is 0 Å². The van der Waals surface area contributed by atoms with E-state index in [0.717, 1.165) is 11.1 Å². The molecule has 0 saturated carbocycles. The molecule has 0 atom stereocenters.